The van der Waals surface area contributed by atoms with Gasteiger partial charge in [-0.1, -0.05) is 36.4 Å². The van der Waals surface area contributed by atoms with Crippen LogP contribution in [0.3, 0.4) is 0 Å². The van der Waals surface area contributed by atoms with Gasteiger partial charge in [0.05, 0.1) is 12.8 Å². The molecule has 0 atom stereocenters. The SMILES string of the molecule is CCc1ccc(-n2nnc(CN)c2-c2ccccc2OC)cc1. The number of rotatable bonds is 5. The zero-order chi connectivity index (χ0) is 16.2. The van der Waals surface area contributed by atoms with E-state index >= 15 is 0 Å². The molecule has 3 aromatic rings. The normalized spacial score (nSPS) is 10.7. The van der Waals surface area contributed by atoms with Crippen LogP contribution in [0.15, 0.2) is 48.5 Å². The maximum Gasteiger partial charge on any atom is 0.128 e. The van der Waals surface area contributed by atoms with E-state index in [-0.39, 0.29) is 0 Å². The summed E-state index contributed by atoms with van der Waals surface area (Å²) < 4.78 is 7.31. The fraction of sp³-hybridized carbons (Fsp3) is 0.222. The first-order valence-corrected chi connectivity index (χ1v) is 7.65. The van der Waals surface area contributed by atoms with Crippen LogP contribution < -0.4 is 10.5 Å². The van der Waals surface area contributed by atoms with Crippen LogP contribution in [0.25, 0.3) is 16.9 Å². The molecule has 0 saturated carbocycles. The van der Waals surface area contributed by atoms with E-state index < -0.39 is 0 Å². The van der Waals surface area contributed by atoms with Gasteiger partial charge in [-0.25, -0.2) is 4.68 Å². The Kier molecular flexibility index (Phi) is 4.39. The Morgan fingerprint density at radius 3 is 2.48 bits per heavy atom. The van der Waals surface area contributed by atoms with Gasteiger partial charge in [-0.3, -0.25) is 0 Å². The predicted octanol–water partition coefficient (Wildman–Crippen LogP) is 2.96. The fourth-order valence-corrected chi connectivity index (χ4v) is 2.61. The van der Waals surface area contributed by atoms with Crippen molar-refractivity contribution in [2.75, 3.05) is 7.11 Å². The summed E-state index contributed by atoms with van der Waals surface area (Å²) in [6.45, 7) is 2.46. The van der Waals surface area contributed by atoms with Gasteiger partial charge in [-0.2, -0.15) is 0 Å². The van der Waals surface area contributed by atoms with Crippen molar-refractivity contribution in [3.05, 3.63) is 59.8 Å². The third kappa shape index (κ3) is 2.83. The van der Waals surface area contributed by atoms with E-state index in [1.165, 1.54) is 5.56 Å². The molecule has 3 rings (SSSR count). The molecule has 0 aliphatic rings. The van der Waals surface area contributed by atoms with Crippen LogP contribution in [0.4, 0.5) is 0 Å². The molecule has 0 aliphatic carbocycles. The average Bonchev–Trinajstić information content (AvgIpc) is 3.05. The predicted molar refractivity (Wildman–Crippen MR) is 90.6 cm³/mol. The Labute approximate surface area is 135 Å². The highest BCUT2D eigenvalue weighted by molar-refractivity contribution is 5.70. The van der Waals surface area contributed by atoms with Gasteiger partial charge in [0.25, 0.3) is 0 Å². The smallest absolute Gasteiger partial charge is 0.128 e. The van der Waals surface area contributed by atoms with Gasteiger partial charge >= 0.3 is 0 Å². The Balaban J connectivity index is 2.17. The van der Waals surface area contributed by atoms with Crippen LogP contribution in [-0.4, -0.2) is 22.1 Å². The number of nitrogens with zero attached hydrogens (tertiary/aromatic N) is 3. The van der Waals surface area contributed by atoms with Crippen molar-refractivity contribution in [3.63, 3.8) is 0 Å². The van der Waals surface area contributed by atoms with Gasteiger partial charge in [0.2, 0.25) is 0 Å². The lowest BCUT2D eigenvalue weighted by Gasteiger charge is -2.12. The fourth-order valence-electron chi connectivity index (χ4n) is 2.61. The monoisotopic (exact) mass is 308 g/mol. The Bertz CT molecular complexity index is 793. The minimum atomic E-state index is 0.320. The van der Waals surface area contributed by atoms with Gasteiger partial charge in [0.15, 0.2) is 0 Å². The molecule has 23 heavy (non-hydrogen) atoms. The van der Waals surface area contributed by atoms with Gasteiger partial charge < -0.3 is 10.5 Å². The second-order valence-electron chi connectivity index (χ2n) is 5.22. The van der Waals surface area contributed by atoms with Crippen molar-refractivity contribution >= 4 is 0 Å². The largest absolute Gasteiger partial charge is 0.496 e. The summed E-state index contributed by atoms with van der Waals surface area (Å²) in [5.74, 6) is 0.774. The van der Waals surface area contributed by atoms with Crippen LogP contribution in [0, 0.1) is 0 Å². The molecule has 1 heterocycles. The first kappa shape index (κ1) is 15.2. The number of ether oxygens (including phenoxy) is 1. The average molecular weight is 308 g/mol. The number of hydrogen-bond donors (Lipinski definition) is 1. The van der Waals surface area contributed by atoms with E-state index in [0.29, 0.717) is 6.54 Å². The van der Waals surface area contributed by atoms with Gasteiger partial charge in [0, 0.05) is 12.1 Å². The molecule has 0 bridgehead atoms. The maximum atomic E-state index is 5.86. The van der Waals surface area contributed by atoms with Crippen LogP contribution in [0.5, 0.6) is 5.75 Å². The van der Waals surface area contributed by atoms with Gasteiger partial charge in [-0.05, 0) is 36.2 Å². The summed E-state index contributed by atoms with van der Waals surface area (Å²) >= 11 is 0. The van der Waals surface area contributed by atoms with Crippen molar-refractivity contribution in [1.82, 2.24) is 15.0 Å². The van der Waals surface area contributed by atoms with E-state index in [1.807, 2.05) is 41.1 Å². The van der Waals surface area contributed by atoms with E-state index in [0.717, 1.165) is 34.8 Å². The van der Waals surface area contributed by atoms with E-state index in [9.17, 15) is 0 Å². The summed E-state index contributed by atoms with van der Waals surface area (Å²) in [5.41, 5.74) is 10.6. The molecule has 2 aromatic carbocycles. The Morgan fingerprint density at radius 1 is 1.09 bits per heavy atom. The van der Waals surface area contributed by atoms with Gasteiger partial charge in [0.1, 0.15) is 17.1 Å². The highest BCUT2D eigenvalue weighted by atomic mass is 16.5. The highest BCUT2D eigenvalue weighted by Gasteiger charge is 2.18. The first-order chi connectivity index (χ1) is 11.3. The number of methoxy groups -OCH3 is 1. The molecule has 118 valence electrons. The zero-order valence-electron chi connectivity index (χ0n) is 13.4. The van der Waals surface area contributed by atoms with Crippen LogP contribution >= 0.6 is 0 Å². The molecule has 0 aliphatic heterocycles. The minimum absolute atomic E-state index is 0.320. The van der Waals surface area contributed by atoms with Crippen LogP contribution in [0.1, 0.15) is 18.2 Å². The number of nitrogens with two attached hydrogens (primary N) is 1. The molecule has 0 radical (unpaired) electrons. The van der Waals surface area contributed by atoms with E-state index in [1.54, 1.807) is 7.11 Å². The highest BCUT2D eigenvalue weighted by Crippen LogP contribution is 2.32. The number of aryl methyl sites for hydroxylation is 1. The van der Waals surface area contributed by atoms with Crippen molar-refractivity contribution in [3.8, 4) is 22.7 Å². The summed E-state index contributed by atoms with van der Waals surface area (Å²) in [6.07, 6.45) is 1.01. The topological polar surface area (TPSA) is 66.0 Å². The third-order valence-electron chi connectivity index (χ3n) is 3.88. The molecule has 0 fully saturated rings. The number of aromatic nitrogens is 3. The Morgan fingerprint density at radius 2 is 1.83 bits per heavy atom. The number of hydrogen-bond acceptors (Lipinski definition) is 4. The second-order valence-corrected chi connectivity index (χ2v) is 5.22. The molecule has 0 spiro atoms. The van der Waals surface area contributed by atoms with Crippen LogP contribution in [0.2, 0.25) is 0 Å². The summed E-state index contributed by atoms with van der Waals surface area (Å²) in [5, 5.41) is 8.53. The molecular weight excluding hydrogens is 288 g/mol. The second kappa shape index (κ2) is 6.62. The number of para-hydroxylation sites is 1. The summed E-state index contributed by atoms with van der Waals surface area (Å²) in [6, 6.07) is 16.1. The lowest BCUT2D eigenvalue weighted by atomic mass is 10.1. The molecular formula is C18H20N4O. The van der Waals surface area contributed by atoms with Crippen molar-refractivity contribution in [1.29, 1.82) is 0 Å². The van der Waals surface area contributed by atoms with Crippen molar-refractivity contribution in [2.24, 2.45) is 5.73 Å². The maximum absolute atomic E-state index is 5.86. The quantitative estimate of drug-likeness (QED) is 0.787. The Hall–Kier alpha value is -2.66. The van der Waals surface area contributed by atoms with Gasteiger partial charge in [-0.15, -0.1) is 5.10 Å². The standard InChI is InChI=1S/C18H20N4O/c1-3-13-8-10-14(11-9-13)22-18(16(12-19)20-21-22)15-6-4-5-7-17(15)23-2/h4-11H,3,12,19H2,1-2H3. The molecule has 2 N–H and O–H groups in total. The first-order valence-electron chi connectivity index (χ1n) is 7.65. The zero-order valence-corrected chi connectivity index (χ0v) is 13.4. The third-order valence-corrected chi connectivity index (χ3v) is 3.88. The molecule has 0 amide bonds. The van der Waals surface area contributed by atoms with Crippen LogP contribution in [-0.2, 0) is 13.0 Å². The minimum Gasteiger partial charge on any atom is -0.496 e. The van der Waals surface area contributed by atoms with Crippen molar-refractivity contribution < 1.29 is 4.74 Å². The van der Waals surface area contributed by atoms with E-state index in [4.69, 9.17) is 10.5 Å². The summed E-state index contributed by atoms with van der Waals surface area (Å²) in [7, 11) is 1.66. The van der Waals surface area contributed by atoms with Crippen molar-refractivity contribution in [2.45, 2.75) is 19.9 Å². The molecule has 0 unspecified atom stereocenters. The molecule has 1 aromatic heterocycles. The molecule has 5 nitrogen and oxygen atoms in total. The molecule has 0 saturated heterocycles. The lowest BCUT2D eigenvalue weighted by Crippen LogP contribution is -2.03. The van der Waals surface area contributed by atoms with E-state index in [2.05, 4.69) is 29.4 Å². The molecule has 5 heteroatoms. The number of benzene rings is 2. The summed E-state index contributed by atoms with van der Waals surface area (Å²) in [4.78, 5) is 0. The lowest BCUT2D eigenvalue weighted by molar-refractivity contribution is 0.416.